The summed E-state index contributed by atoms with van der Waals surface area (Å²) in [5.41, 5.74) is -0.836. The molecule has 1 amide bonds. The predicted molar refractivity (Wildman–Crippen MR) is 102 cm³/mol. The molecule has 1 unspecified atom stereocenters. The molecular weight excluding hydrogens is 400 g/mol. The molecule has 0 spiro atoms. The highest BCUT2D eigenvalue weighted by Gasteiger charge is 2.36. The highest BCUT2D eigenvalue weighted by atomic mass is 19.4. The summed E-state index contributed by atoms with van der Waals surface area (Å²) in [6.07, 6.45) is -1.18. The maximum absolute atomic E-state index is 13.7. The Labute approximate surface area is 170 Å². The molecule has 1 atom stereocenters. The molecule has 4 rings (SSSR count). The lowest BCUT2D eigenvalue weighted by molar-refractivity contribution is -0.142. The number of carbonyl (C=O) groups excluding carboxylic acids is 1. The lowest BCUT2D eigenvalue weighted by Gasteiger charge is -2.34. The number of halogens is 4. The SMILES string of the molecule is CCC1CCCCN1C(=O)c1cc2nc(-c3ccc(F)cc3)cc(C(F)(F)F)n2n1. The van der Waals surface area contributed by atoms with Crippen molar-refractivity contribution in [2.24, 2.45) is 0 Å². The number of amides is 1. The fraction of sp³-hybridized carbons (Fsp3) is 0.381. The average molecular weight is 420 g/mol. The predicted octanol–water partition coefficient (Wildman–Crippen LogP) is 4.96. The fourth-order valence-electron chi connectivity index (χ4n) is 3.89. The van der Waals surface area contributed by atoms with Gasteiger partial charge < -0.3 is 4.90 Å². The van der Waals surface area contributed by atoms with Crippen molar-refractivity contribution >= 4 is 11.6 Å². The third kappa shape index (κ3) is 3.76. The Morgan fingerprint density at radius 2 is 1.90 bits per heavy atom. The summed E-state index contributed by atoms with van der Waals surface area (Å²) >= 11 is 0. The van der Waals surface area contributed by atoms with Crippen LogP contribution in [0.2, 0.25) is 0 Å². The number of aromatic nitrogens is 3. The first-order chi connectivity index (χ1) is 14.3. The van der Waals surface area contributed by atoms with Gasteiger partial charge in [-0.25, -0.2) is 13.9 Å². The van der Waals surface area contributed by atoms with Crippen LogP contribution in [0.3, 0.4) is 0 Å². The number of benzene rings is 1. The molecule has 1 aromatic carbocycles. The highest BCUT2D eigenvalue weighted by molar-refractivity contribution is 5.93. The molecule has 0 aliphatic carbocycles. The van der Waals surface area contributed by atoms with E-state index in [1.807, 2.05) is 6.92 Å². The van der Waals surface area contributed by atoms with Crippen molar-refractivity contribution in [1.82, 2.24) is 19.5 Å². The molecule has 3 aromatic rings. The number of nitrogens with zero attached hydrogens (tertiary/aromatic N) is 4. The quantitative estimate of drug-likeness (QED) is 0.563. The van der Waals surface area contributed by atoms with Crippen molar-refractivity contribution in [1.29, 1.82) is 0 Å². The fourth-order valence-corrected chi connectivity index (χ4v) is 3.89. The van der Waals surface area contributed by atoms with Crippen LogP contribution in [0.4, 0.5) is 17.6 Å². The van der Waals surface area contributed by atoms with E-state index >= 15 is 0 Å². The Kier molecular flexibility index (Phi) is 5.21. The number of carbonyl (C=O) groups is 1. The number of hydrogen-bond donors (Lipinski definition) is 0. The van der Waals surface area contributed by atoms with Crippen molar-refractivity contribution < 1.29 is 22.4 Å². The minimum absolute atomic E-state index is 0.0260. The molecule has 1 aliphatic rings. The molecule has 3 heterocycles. The van der Waals surface area contributed by atoms with Crippen LogP contribution >= 0.6 is 0 Å². The van der Waals surface area contributed by atoms with Gasteiger partial charge in [-0.3, -0.25) is 4.79 Å². The Hall–Kier alpha value is -2.97. The van der Waals surface area contributed by atoms with Crippen molar-refractivity contribution in [2.75, 3.05) is 6.54 Å². The second-order valence-corrected chi connectivity index (χ2v) is 7.39. The van der Waals surface area contributed by atoms with Gasteiger partial charge in [0.15, 0.2) is 17.0 Å². The summed E-state index contributed by atoms with van der Waals surface area (Å²) in [5, 5.41) is 3.95. The van der Waals surface area contributed by atoms with Crippen LogP contribution in [-0.4, -0.2) is 38.0 Å². The van der Waals surface area contributed by atoms with Gasteiger partial charge >= 0.3 is 6.18 Å². The number of piperidine rings is 1. The number of rotatable bonds is 3. The van der Waals surface area contributed by atoms with E-state index in [0.29, 0.717) is 16.6 Å². The van der Waals surface area contributed by atoms with Crippen LogP contribution in [0.25, 0.3) is 16.9 Å². The summed E-state index contributed by atoms with van der Waals surface area (Å²) in [6.45, 7) is 2.55. The second kappa shape index (κ2) is 7.70. The van der Waals surface area contributed by atoms with Gasteiger partial charge in [0.2, 0.25) is 0 Å². The molecule has 5 nitrogen and oxygen atoms in total. The van der Waals surface area contributed by atoms with Gasteiger partial charge in [-0.2, -0.15) is 18.3 Å². The summed E-state index contributed by atoms with van der Waals surface area (Å²) in [4.78, 5) is 18.9. The van der Waals surface area contributed by atoms with Crippen molar-refractivity contribution in [2.45, 2.75) is 44.8 Å². The number of hydrogen-bond acceptors (Lipinski definition) is 3. The zero-order valence-corrected chi connectivity index (χ0v) is 16.3. The minimum atomic E-state index is -4.71. The molecule has 1 saturated heterocycles. The summed E-state index contributed by atoms with van der Waals surface area (Å²) in [6, 6.07) is 7.22. The van der Waals surface area contributed by atoms with E-state index in [9.17, 15) is 22.4 Å². The molecular formula is C21H20F4N4O. The Bertz CT molecular complexity index is 1080. The average Bonchev–Trinajstić information content (AvgIpc) is 3.16. The van der Waals surface area contributed by atoms with Crippen molar-refractivity contribution in [3.8, 4) is 11.3 Å². The third-order valence-corrected chi connectivity index (χ3v) is 5.44. The van der Waals surface area contributed by atoms with E-state index in [1.165, 1.54) is 18.2 Å². The second-order valence-electron chi connectivity index (χ2n) is 7.39. The van der Waals surface area contributed by atoms with Crippen LogP contribution in [0.1, 0.15) is 48.8 Å². The first-order valence-corrected chi connectivity index (χ1v) is 9.83. The summed E-state index contributed by atoms with van der Waals surface area (Å²) in [7, 11) is 0. The van der Waals surface area contributed by atoms with Gasteiger partial charge in [-0.1, -0.05) is 6.92 Å². The van der Waals surface area contributed by atoms with Gasteiger partial charge in [0.25, 0.3) is 5.91 Å². The summed E-state index contributed by atoms with van der Waals surface area (Å²) in [5.74, 6) is -0.886. The molecule has 0 N–H and O–H groups in total. The van der Waals surface area contributed by atoms with Crippen LogP contribution in [0.5, 0.6) is 0 Å². The van der Waals surface area contributed by atoms with Gasteiger partial charge in [0, 0.05) is 24.2 Å². The molecule has 158 valence electrons. The minimum Gasteiger partial charge on any atom is -0.334 e. The molecule has 9 heteroatoms. The molecule has 1 fully saturated rings. The molecule has 0 saturated carbocycles. The molecule has 2 aromatic heterocycles. The first-order valence-electron chi connectivity index (χ1n) is 9.83. The first kappa shape index (κ1) is 20.3. The van der Waals surface area contributed by atoms with Crippen molar-refractivity contribution in [3.05, 3.63) is 53.6 Å². The smallest absolute Gasteiger partial charge is 0.334 e. The van der Waals surface area contributed by atoms with Gasteiger partial charge in [0.05, 0.1) is 5.69 Å². The third-order valence-electron chi connectivity index (χ3n) is 5.44. The van der Waals surface area contributed by atoms with Gasteiger partial charge in [-0.05, 0) is 56.0 Å². The zero-order valence-electron chi connectivity index (χ0n) is 16.3. The zero-order chi connectivity index (χ0) is 21.5. The maximum Gasteiger partial charge on any atom is 0.433 e. The largest absolute Gasteiger partial charge is 0.433 e. The van der Waals surface area contributed by atoms with E-state index in [1.54, 1.807) is 4.90 Å². The number of fused-ring (bicyclic) bond motifs is 1. The summed E-state index contributed by atoms with van der Waals surface area (Å²) < 4.78 is 55.0. The normalized spacial score (nSPS) is 17.5. The lowest BCUT2D eigenvalue weighted by atomic mass is 9.99. The van der Waals surface area contributed by atoms with E-state index in [2.05, 4.69) is 10.1 Å². The van der Waals surface area contributed by atoms with Gasteiger partial charge in [0.1, 0.15) is 5.82 Å². The van der Waals surface area contributed by atoms with E-state index in [-0.39, 0.29) is 29.0 Å². The van der Waals surface area contributed by atoms with Crippen LogP contribution < -0.4 is 0 Å². The standard InChI is InChI=1S/C21H20F4N4O/c1-2-15-5-3-4-10-28(15)20(30)17-12-19-26-16(13-6-8-14(22)9-7-13)11-18(21(23,24)25)29(19)27-17/h6-9,11-12,15H,2-5,10H2,1H3. The van der Waals surface area contributed by atoms with Crippen molar-refractivity contribution in [3.63, 3.8) is 0 Å². The van der Waals surface area contributed by atoms with Crippen LogP contribution in [0.15, 0.2) is 36.4 Å². The Morgan fingerprint density at radius 3 is 2.57 bits per heavy atom. The molecule has 30 heavy (non-hydrogen) atoms. The van der Waals surface area contributed by atoms with E-state index in [4.69, 9.17) is 0 Å². The monoisotopic (exact) mass is 420 g/mol. The van der Waals surface area contributed by atoms with E-state index < -0.39 is 17.7 Å². The lowest BCUT2D eigenvalue weighted by Crippen LogP contribution is -2.43. The molecule has 0 radical (unpaired) electrons. The highest BCUT2D eigenvalue weighted by Crippen LogP contribution is 2.32. The number of likely N-dealkylation sites (tertiary alicyclic amines) is 1. The maximum atomic E-state index is 13.7. The number of alkyl halides is 3. The molecule has 0 bridgehead atoms. The Balaban J connectivity index is 1.81. The van der Waals surface area contributed by atoms with E-state index in [0.717, 1.165) is 43.9 Å². The van der Waals surface area contributed by atoms with Crippen LogP contribution in [-0.2, 0) is 6.18 Å². The molecule has 1 aliphatic heterocycles. The topological polar surface area (TPSA) is 50.5 Å². The van der Waals surface area contributed by atoms with Crippen LogP contribution in [0, 0.1) is 5.82 Å². The van der Waals surface area contributed by atoms with Gasteiger partial charge in [-0.15, -0.1) is 0 Å². The Morgan fingerprint density at radius 1 is 1.17 bits per heavy atom.